The lowest BCUT2D eigenvalue weighted by atomic mass is 10.2. The number of anilines is 1. The highest BCUT2D eigenvalue weighted by molar-refractivity contribution is 6.01. The van der Waals surface area contributed by atoms with E-state index in [4.69, 9.17) is 4.74 Å². The van der Waals surface area contributed by atoms with Gasteiger partial charge in [-0.25, -0.2) is 9.50 Å². The Labute approximate surface area is 138 Å². The van der Waals surface area contributed by atoms with Crippen LogP contribution in [0.2, 0.25) is 0 Å². The first-order chi connectivity index (χ1) is 11.8. The van der Waals surface area contributed by atoms with Crippen molar-refractivity contribution >= 4 is 17.4 Å². The Morgan fingerprint density at radius 3 is 2.75 bits per heavy atom. The number of hydrogen-bond donors (Lipinski definition) is 1. The lowest BCUT2D eigenvalue weighted by Gasteiger charge is -2.13. The molecular formula is C17H17N5O2. The molecule has 1 aliphatic carbocycles. The SMILES string of the molecule is O=C(Nc1ccc(OC2CCCC2)cc1)c1nc2ncccn2n1. The van der Waals surface area contributed by atoms with Gasteiger partial charge in [0.1, 0.15) is 5.75 Å². The normalized spacial score (nSPS) is 14.8. The van der Waals surface area contributed by atoms with Gasteiger partial charge in [0, 0.05) is 18.1 Å². The molecule has 0 bridgehead atoms. The third kappa shape index (κ3) is 3.05. The monoisotopic (exact) mass is 323 g/mol. The molecule has 0 atom stereocenters. The number of amides is 1. The summed E-state index contributed by atoms with van der Waals surface area (Å²) in [4.78, 5) is 20.4. The van der Waals surface area contributed by atoms with Crippen LogP contribution in [0.4, 0.5) is 5.69 Å². The van der Waals surface area contributed by atoms with Crippen molar-refractivity contribution in [2.45, 2.75) is 31.8 Å². The van der Waals surface area contributed by atoms with Gasteiger partial charge in [-0.2, -0.15) is 4.98 Å². The van der Waals surface area contributed by atoms with E-state index in [1.165, 1.54) is 17.4 Å². The van der Waals surface area contributed by atoms with E-state index in [1.807, 2.05) is 24.3 Å². The fourth-order valence-electron chi connectivity index (χ4n) is 2.83. The fraction of sp³-hybridized carbons (Fsp3) is 0.294. The second kappa shape index (κ2) is 6.27. The molecule has 24 heavy (non-hydrogen) atoms. The number of benzene rings is 1. The van der Waals surface area contributed by atoms with E-state index in [9.17, 15) is 4.79 Å². The Morgan fingerprint density at radius 2 is 2.00 bits per heavy atom. The number of fused-ring (bicyclic) bond motifs is 1. The van der Waals surface area contributed by atoms with Crippen LogP contribution in [0, 0.1) is 0 Å². The van der Waals surface area contributed by atoms with Crippen molar-refractivity contribution in [3.63, 3.8) is 0 Å². The lowest BCUT2D eigenvalue weighted by molar-refractivity contribution is 0.101. The highest BCUT2D eigenvalue weighted by Crippen LogP contribution is 2.25. The van der Waals surface area contributed by atoms with E-state index >= 15 is 0 Å². The molecule has 0 radical (unpaired) electrons. The molecule has 1 amide bonds. The van der Waals surface area contributed by atoms with Crippen molar-refractivity contribution in [2.24, 2.45) is 0 Å². The largest absolute Gasteiger partial charge is 0.490 e. The molecule has 1 saturated carbocycles. The molecule has 2 aromatic heterocycles. The summed E-state index contributed by atoms with van der Waals surface area (Å²) in [5, 5.41) is 6.88. The topological polar surface area (TPSA) is 81.4 Å². The van der Waals surface area contributed by atoms with Gasteiger partial charge >= 0.3 is 0 Å². The van der Waals surface area contributed by atoms with Gasteiger partial charge in [0.25, 0.3) is 11.7 Å². The molecule has 7 heteroatoms. The van der Waals surface area contributed by atoms with Crippen molar-refractivity contribution in [1.29, 1.82) is 0 Å². The van der Waals surface area contributed by atoms with Crippen LogP contribution in [-0.4, -0.2) is 31.6 Å². The average Bonchev–Trinajstić information content (AvgIpc) is 3.25. The zero-order valence-electron chi connectivity index (χ0n) is 13.1. The molecule has 0 aliphatic heterocycles. The first kappa shape index (κ1) is 14.6. The zero-order chi connectivity index (χ0) is 16.4. The van der Waals surface area contributed by atoms with Gasteiger partial charge in [-0.3, -0.25) is 4.79 Å². The molecule has 2 heterocycles. The van der Waals surface area contributed by atoms with Crippen LogP contribution in [0.3, 0.4) is 0 Å². The molecule has 1 fully saturated rings. The van der Waals surface area contributed by atoms with Crippen molar-refractivity contribution in [3.05, 3.63) is 48.5 Å². The molecule has 1 N–H and O–H groups in total. The van der Waals surface area contributed by atoms with Gasteiger partial charge < -0.3 is 10.1 Å². The fourth-order valence-corrected chi connectivity index (χ4v) is 2.83. The average molecular weight is 323 g/mol. The molecule has 3 aromatic rings. The molecule has 1 aliphatic rings. The summed E-state index contributed by atoms with van der Waals surface area (Å²) in [6, 6.07) is 9.10. The highest BCUT2D eigenvalue weighted by Gasteiger charge is 2.17. The molecule has 122 valence electrons. The van der Waals surface area contributed by atoms with Gasteiger partial charge in [-0.05, 0) is 56.0 Å². The van der Waals surface area contributed by atoms with Crippen LogP contribution in [0.1, 0.15) is 36.3 Å². The van der Waals surface area contributed by atoms with Crippen LogP contribution >= 0.6 is 0 Å². The number of hydrogen-bond acceptors (Lipinski definition) is 5. The predicted molar refractivity (Wildman–Crippen MR) is 88.1 cm³/mol. The molecule has 0 spiro atoms. The summed E-state index contributed by atoms with van der Waals surface area (Å²) in [6.07, 6.45) is 8.33. The number of carbonyl (C=O) groups excluding carboxylic acids is 1. The summed E-state index contributed by atoms with van der Waals surface area (Å²) in [6.45, 7) is 0. The van der Waals surface area contributed by atoms with E-state index in [0.717, 1.165) is 18.6 Å². The van der Waals surface area contributed by atoms with Crippen molar-refractivity contribution < 1.29 is 9.53 Å². The Bertz CT molecular complexity index is 820. The third-order valence-electron chi connectivity index (χ3n) is 4.04. The van der Waals surface area contributed by atoms with Crippen molar-refractivity contribution in [1.82, 2.24) is 19.6 Å². The number of ether oxygens (including phenoxy) is 1. The van der Waals surface area contributed by atoms with Gasteiger partial charge in [-0.1, -0.05) is 0 Å². The summed E-state index contributed by atoms with van der Waals surface area (Å²) < 4.78 is 7.38. The smallest absolute Gasteiger partial charge is 0.295 e. The minimum absolute atomic E-state index is 0.0833. The molecule has 1 aromatic carbocycles. The lowest BCUT2D eigenvalue weighted by Crippen LogP contribution is -2.14. The maximum absolute atomic E-state index is 12.2. The second-order valence-corrected chi connectivity index (χ2v) is 5.80. The Hall–Kier alpha value is -2.96. The summed E-state index contributed by atoms with van der Waals surface area (Å²) >= 11 is 0. The quantitative estimate of drug-likeness (QED) is 0.798. The van der Waals surface area contributed by atoms with E-state index < -0.39 is 0 Å². The molecular weight excluding hydrogens is 306 g/mol. The minimum Gasteiger partial charge on any atom is -0.490 e. The third-order valence-corrected chi connectivity index (χ3v) is 4.04. The Balaban J connectivity index is 1.43. The van der Waals surface area contributed by atoms with Crippen LogP contribution < -0.4 is 10.1 Å². The van der Waals surface area contributed by atoms with E-state index in [2.05, 4.69) is 20.4 Å². The Morgan fingerprint density at radius 1 is 1.21 bits per heavy atom. The molecule has 4 rings (SSSR count). The first-order valence-corrected chi connectivity index (χ1v) is 8.03. The standard InChI is InChI=1S/C17H17N5O2/c23-16(15-20-17-18-10-3-11-22(17)21-15)19-12-6-8-14(9-7-12)24-13-4-1-2-5-13/h3,6-11,13H,1-2,4-5H2,(H,19,23). The molecule has 0 saturated heterocycles. The number of carbonyl (C=O) groups is 1. The van der Waals surface area contributed by atoms with Gasteiger partial charge in [0.2, 0.25) is 5.82 Å². The molecule has 7 nitrogen and oxygen atoms in total. The predicted octanol–water partition coefficient (Wildman–Crippen LogP) is 2.70. The minimum atomic E-state index is -0.370. The first-order valence-electron chi connectivity index (χ1n) is 8.03. The zero-order valence-corrected chi connectivity index (χ0v) is 13.1. The number of nitrogens with zero attached hydrogens (tertiary/aromatic N) is 4. The van der Waals surface area contributed by atoms with E-state index in [0.29, 0.717) is 17.6 Å². The van der Waals surface area contributed by atoms with Gasteiger partial charge in [0.15, 0.2) is 0 Å². The number of nitrogens with one attached hydrogen (secondary N) is 1. The number of aromatic nitrogens is 4. The van der Waals surface area contributed by atoms with Crippen molar-refractivity contribution in [3.8, 4) is 5.75 Å². The second-order valence-electron chi connectivity index (χ2n) is 5.80. The van der Waals surface area contributed by atoms with E-state index in [-0.39, 0.29) is 11.7 Å². The summed E-state index contributed by atoms with van der Waals surface area (Å²) in [7, 11) is 0. The van der Waals surface area contributed by atoms with E-state index in [1.54, 1.807) is 18.5 Å². The molecule has 0 unspecified atom stereocenters. The summed E-state index contributed by atoms with van der Waals surface area (Å²) in [5.74, 6) is 0.933. The van der Waals surface area contributed by atoms with Crippen molar-refractivity contribution in [2.75, 3.05) is 5.32 Å². The maximum Gasteiger partial charge on any atom is 0.295 e. The van der Waals surface area contributed by atoms with Gasteiger partial charge in [0.05, 0.1) is 6.10 Å². The van der Waals surface area contributed by atoms with Crippen LogP contribution in [0.25, 0.3) is 5.78 Å². The number of rotatable bonds is 4. The van der Waals surface area contributed by atoms with Crippen LogP contribution in [0.5, 0.6) is 5.75 Å². The van der Waals surface area contributed by atoms with Crippen LogP contribution in [0.15, 0.2) is 42.7 Å². The van der Waals surface area contributed by atoms with Gasteiger partial charge in [-0.15, -0.1) is 5.10 Å². The Kier molecular flexibility index (Phi) is 3.82. The van der Waals surface area contributed by atoms with Crippen LogP contribution in [-0.2, 0) is 0 Å². The highest BCUT2D eigenvalue weighted by atomic mass is 16.5. The summed E-state index contributed by atoms with van der Waals surface area (Å²) in [5.41, 5.74) is 0.672. The maximum atomic E-state index is 12.2.